The lowest BCUT2D eigenvalue weighted by molar-refractivity contribution is -0.0122. The highest BCUT2D eigenvalue weighted by Gasteiger charge is 2.39. The van der Waals surface area contributed by atoms with Crippen molar-refractivity contribution in [3.8, 4) is 0 Å². The van der Waals surface area contributed by atoms with Crippen molar-refractivity contribution in [2.75, 3.05) is 6.54 Å². The molecule has 0 spiro atoms. The molecule has 0 radical (unpaired) electrons. The van der Waals surface area contributed by atoms with Crippen molar-refractivity contribution in [3.05, 3.63) is 35.9 Å². The summed E-state index contributed by atoms with van der Waals surface area (Å²) < 4.78 is 5.46. The lowest BCUT2D eigenvalue weighted by Crippen LogP contribution is -2.62. The summed E-state index contributed by atoms with van der Waals surface area (Å²) in [6.45, 7) is 11.8. The van der Waals surface area contributed by atoms with Gasteiger partial charge in [0.15, 0.2) is 0 Å². The summed E-state index contributed by atoms with van der Waals surface area (Å²) >= 11 is 0. The van der Waals surface area contributed by atoms with Gasteiger partial charge >= 0.3 is 6.09 Å². The lowest BCUT2D eigenvalue weighted by atomic mass is 9.88. The Kier molecular flexibility index (Phi) is 5.35. The molecule has 0 saturated carbocycles. The number of likely N-dealkylation sites (tertiary alicyclic amines) is 1. The molecule has 0 unspecified atom stereocenters. The molecule has 1 fully saturated rings. The number of rotatable bonds is 3. The molecule has 0 aromatic heterocycles. The van der Waals surface area contributed by atoms with Gasteiger partial charge in [0.25, 0.3) is 0 Å². The van der Waals surface area contributed by atoms with Gasteiger partial charge in [-0.05, 0) is 52.0 Å². The van der Waals surface area contributed by atoms with Gasteiger partial charge in [-0.25, -0.2) is 4.79 Å². The smallest absolute Gasteiger partial charge is 0.409 e. The Bertz CT molecular complexity index is 524. The van der Waals surface area contributed by atoms with Gasteiger partial charge in [0.05, 0.1) is 5.66 Å². The van der Waals surface area contributed by atoms with Crippen LogP contribution in [0.25, 0.3) is 0 Å². The van der Waals surface area contributed by atoms with E-state index in [1.54, 1.807) is 0 Å². The van der Waals surface area contributed by atoms with E-state index in [-0.39, 0.29) is 11.8 Å². The van der Waals surface area contributed by atoms with Crippen LogP contribution in [-0.2, 0) is 11.3 Å². The number of hydrogen-bond acceptors (Lipinski definition) is 3. The number of piperidine rings is 1. The molecular weight excluding hydrogens is 288 g/mol. The van der Waals surface area contributed by atoms with E-state index in [1.165, 1.54) is 5.56 Å². The maximum Gasteiger partial charge on any atom is 0.409 e. The number of nitrogens with zero attached hydrogens (tertiary/aromatic N) is 1. The molecule has 0 aliphatic carbocycles. The summed E-state index contributed by atoms with van der Waals surface area (Å²) in [4.78, 5) is 14.6. The summed E-state index contributed by atoms with van der Waals surface area (Å²) in [7, 11) is 0. The van der Waals surface area contributed by atoms with E-state index in [4.69, 9.17) is 4.74 Å². The zero-order chi connectivity index (χ0) is 17.1. The Morgan fingerprint density at radius 2 is 2.00 bits per heavy atom. The number of amides is 1. The molecule has 128 valence electrons. The summed E-state index contributed by atoms with van der Waals surface area (Å²) in [6, 6.07) is 10.4. The maximum absolute atomic E-state index is 12.3. The molecule has 1 saturated heterocycles. The van der Waals surface area contributed by atoms with Crippen molar-refractivity contribution in [2.45, 2.75) is 65.3 Å². The average molecular weight is 318 g/mol. The van der Waals surface area contributed by atoms with Crippen molar-refractivity contribution in [1.29, 1.82) is 0 Å². The monoisotopic (exact) mass is 318 g/mol. The molecule has 23 heavy (non-hydrogen) atoms. The Morgan fingerprint density at radius 3 is 2.61 bits per heavy atom. The summed E-state index contributed by atoms with van der Waals surface area (Å²) in [5.74, 6) is 0.585. The Morgan fingerprint density at radius 1 is 1.35 bits per heavy atom. The van der Waals surface area contributed by atoms with E-state index in [1.807, 2.05) is 26.8 Å². The zero-order valence-electron chi connectivity index (χ0n) is 15.1. The predicted molar refractivity (Wildman–Crippen MR) is 93.0 cm³/mol. The van der Waals surface area contributed by atoms with Crippen LogP contribution in [0.1, 0.15) is 53.0 Å². The minimum Gasteiger partial charge on any atom is -0.444 e. The van der Waals surface area contributed by atoms with Crippen molar-refractivity contribution in [2.24, 2.45) is 5.92 Å². The van der Waals surface area contributed by atoms with E-state index in [2.05, 4.69) is 48.3 Å². The third kappa shape index (κ3) is 5.24. The molecule has 1 aromatic carbocycles. The van der Waals surface area contributed by atoms with E-state index in [9.17, 15) is 4.79 Å². The molecule has 2 atom stereocenters. The maximum atomic E-state index is 12.3. The third-order valence-electron chi connectivity index (χ3n) is 4.32. The van der Waals surface area contributed by atoms with Crippen LogP contribution in [0.3, 0.4) is 0 Å². The molecule has 1 aliphatic heterocycles. The van der Waals surface area contributed by atoms with Gasteiger partial charge < -0.3 is 10.1 Å². The van der Waals surface area contributed by atoms with E-state index >= 15 is 0 Å². The summed E-state index contributed by atoms with van der Waals surface area (Å²) in [6.07, 6.45) is 1.74. The second kappa shape index (κ2) is 6.91. The topological polar surface area (TPSA) is 41.6 Å². The second-order valence-corrected chi connectivity index (χ2v) is 7.91. The van der Waals surface area contributed by atoms with Crippen molar-refractivity contribution >= 4 is 6.09 Å². The quantitative estimate of drug-likeness (QED) is 0.910. The molecule has 1 aliphatic rings. The highest BCUT2D eigenvalue weighted by molar-refractivity contribution is 5.68. The molecule has 1 aromatic rings. The first-order chi connectivity index (χ1) is 10.7. The number of ether oxygens (including phenoxy) is 1. The Balaban J connectivity index is 2.10. The van der Waals surface area contributed by atoms with Crippen LogP contribution in [-0.4, -0.2) is 28.8 Å². The van der Waals surface area contributed by atoms with Crippen LogP contribution >= 0.6 is 0 Å². The Labute approximate surface area is 140 Å². The van der Waals surface area contributed by atoms with Crippen molar-refractivity contribution in [1.82, 2.24) is 10.2 Å². The fourth-order valence-corrected chi connectivity index (χ4v) is 3.24. The predicted octanol–water partition coefficient (Wildman–Crippen LogP) is 4.16. The third-order valence-corrected chi connectivity index (χ3v) is 4.32. The highest BCUT2D eigenvalue weighted by Crippen LogP contribution is 2.31. The van der Waals surface area contributed by atoms with Gasteiger partial charge in [0.2, 0.25) is 0 Å². The van der Waals surface area contributed by atoms with Gasteiger partial charge in [-0.2, -0.15) is 0 Å². The summed E-state index contributed by atoms with van der Waals surface area (Å²) in [5, 5.41) is 3.12. The van der Waals surface area contributed by atoms with Gasteiger partial charge in [0.1, 0.15) is 5.60 Å². The zero-order valence-corrected chi connectivity index (χ0v) is 15.1. The number of nitrogens with one attached hydrogen (secondary N) is 1. The fraction of sp³-hybridized carbons (Fsp3) is 0.632. The number of carbonyl (C=O) groups is 1. The van der Waals surface area contributed by atoms with Crippen LogP contribution in [0.5, 0.6) is 0 Å². The second-order valence-electron chi connectivity index (χ2n) is 7.91. The molecule has 4 heteroatoms. The first kappa shape index (κ1) is 17.8. The normalized spacial score (nSPS) is 25.9. The van der Waals surface area contributed by atoms with E-state index in [0.717, 1.165) is 25.9 Å². The van der Waals surface area contributed by atoms with Gasteiger partial charge in [-0.1, -0.05) is 37.3 Å². The number of alkyl carbamates (subject to hydrolysis) is 1. The fourth-order valence-electron chi connectivity index (χ4n) is 3.24. The van der Waals surface area contributed by atoms with Crippen LogP contribution < -0.4 is 5.32 Å². The highest BCUT2D eigenvalue weighted by atomic mass is 16.6. The van der Waals surface area contributed by atoms with Crippen molar-refractivity contribution < 1.29 is 9.53 Å². The minimum absolute atomic E-state index is 0.341. The average Bonchev–Trinajstić information content (AvgIpc) is 2.40. The van der Waals surface area contributed by atoms with Crippen molar-refractivity contribution in [3.63, 3.8) is 0 Å². The lowest BCUT2D eigenvalue weighted by Gasteiger charge is -2.47. The molecule has 1 N–H and O–H groups in total. The molecule has 1 heterocycles. The van der Waals surface area contributed by atoms with Crippen LogP contribution in [0.4, 0.5) is 4.79 Å². The SMILES string of the molecule is C[C@H]1CCN(Cc2ccccc2)[C@](C)(NC(=O)OC(C)(C)C)C1. The Hall–Kier alpha value is -1.55. The largest absolute Gasteiger partial charge is 0.444 e. The molecule has 4 nitrogen and oxygen atoms in total. The van der Waals surface area contributed by atoms with Crippen LogP contribution in [0, 0.1) is 5.92 Å². The number of hydrogen-bond donors (Lipinski definition) is 1. The number of benzene rings is 1. The first-order valence-electron chi connectivity index (χ1n) is 8.48. The van der Waals surface area contributed by atoms with Gasteiger partial charge in [0, 0.05) is 13.1 Å². The minimum atomic E-state index is -0.481. The number of carbonyl (C=O) groups excluding carboxylic acids is 1. The van der Waals surface area contributed by atoms with E-state index < -0.39 is 5.60 Å². The molecule has 1 amide bonds. The van der Waals surface area contributed by atoms with Gasteiger partial charge in [-0.15, -0.1) is 0 Å². The standard InChI is InChI=1S/C19H30N2O2/c1-15-11-12-21(14-16-9-7-6-8-10-16)19(5,13-15)20-17(22)23-18(2,3)4/h6-10,15H,11-14H2,1-5H3,(H,20,22)/t15-,19-/m0/s1. The molecular formula is C19H30N2O2. The first-order valence-corrected chi connectivity index (χ1v) is 8.48. The van der Waals surface area contributed by atoms with E-state index in [0.29, 0.717) is 5.92 Å². The molecule has 2 rings (SSSR count). The summed E-state index contributed by atoms with van der Waals surface area (Å²) in [5.41, 5.74) is 0.403. The van der Waals surface area contributed by atoms with Gasteiger partial charge in [-0.3, -0.25) is 4.90 Å². The van der Waals surface area contributed by atoms with Crippen LogP contribution in [0.15, 0.2) is 30.3 Å². The van der Waals surface area contributed by atoms with Crippen LogP contribution in [0.2, 0.25) is 0 Å². The molecule has 0 bridgehead atoms.